The largest absolute Gasteiger partial charge is 0.465 e. The van der Waals surface area contributed by atoms with Crippen molar-refractivity contribution in [3.63, 3.8) is 0 Å². The Morgan fingerprint density at radius 1 is 1.38 bits per heavy atom. The molecule has 1 atom stereocenters. The van der Waals surface area contributed by atoms with Crippen molar-refractivity contribution >= 4 is 16.0 Å². The summed E-state index contributed by atoms with van der Waals surface area (Å²) in [5, 5.41) is 3.18. The number of carbonyl (C=O) groups excluding carboxylic acids is 1. The van der Waals surface area contributed by atoms with Gasteiger partial charge in [0.25, 0.3) is 0 Å². The molecule has 0 aromatic carbocycles. The predicted octanol–water partition coefficient (Wildman–Crippen LogP) is 0.665. The van der Waals surface area contributed by atoms with Crippen molar-refractivity contribution in [2.24, 2.45) is 0 Å². The summed E-state index contributed by atoms with van der Waals surface area (Å²) in [6.07, 6.45) is 0. The highest BCUT2D eigenvalue weighted by molar-refractivity contribution is 7.89. The molecule has 1 aromatic rings. The maximum Gasteiger partial charge on any atom is 0.342 e. The van der Waals surface area contributed by atoms with Crippen molar-refractivity contribution in [1.29, 1.82) is 0 Å². The number of methoxy groups -OCH3 is 1. The van der Waals surface area contributed by atoms with E-state index in [1.165, 1.54) is 18.3 Å². The van der Waals surface area contributed by atoms with Gasteiger partial charge in [-0.3, -0.25) is 0 Å². The Morgan fingerprint density at radius 2 is 2.05 bits per heavy atom. The summed E-state index contributed by atoms with van der Waals surface area (Å²) in [4.78, 5) is 11.8. The number of hydrogen-bond acceptors (Lipinski definition) is 6. The van der Waals surface area contributed by atoms with Crippen molar-refractivity contribution < 1.29 is 22.4 Å². The van der Waals surface area contributed by atoms with Crippen molar-refractivity contribution in [3.8, 4) is 0 Å². The first-order chi connectivity index (χ1) is 9.78. The predicted molar refractivity (Wildman–Crippen MR) is 75.7 cm³/mol. The smallest absolute Gasteiger partial charge is 0.342 e. The third-order valence-corrected chi connectivity index (χ3v) is 5.54. The molecule has 0 radical (unpaired) electrons. The van der Waals surface area contributed by atoms with Crippen molar-refractivity contribution in [2.75, 3.05) is 26.7 Å². The Labute approximate surface area is 124 Å². The zero-order chi connectivity index (χ0) is 15.8. The standard InChI is InChI=1S/C13H20N2O5S/c1-8-7-15(6-5-14-8)21(17,18)12-10(3)20-9(2)11(12)13(16)19-4/h8,14H,5-7H2,1-4H3. The minimum Gasteiger partial charge on any atom is -0.465 e. The normalized spacial score (nSPS) is 20.5. The highest BCUT2D eigenvalue weighted by Gasteiger charge is 2.37. The quantitative estimate of drug-likeness (QED) is 0.824. The fourth-order valence-electron chi connectivity index (χ4n) is 2.56. The van der Waals surface area contributed by atoms with Gasteiger partial charge in [0.15, 0.2) is 0 Å². The highest BCUT2D eigenvalue weighted by Crippen LogP contribution is 2.30. The molecule has 0 saturated carbocycles. The van der Waals surface area contributed by atoms with Crippen molar-refractivity contribution in [2.45, 2.75) is 31.7 Å². The molecule has 1 aliphatic heterocycles. The molecule has 7 nitrogen and oxygen atoms in total. The number of carbonyl (C=O) groups is 1. The molecule has 1 aliphatic rings. The lowest BCUT2D eigenvalue weighted by Crippen LogP contribution is -2.51. The van der Waals surface area contributed by atoms with Crippen LogP contribution in [0.15, 0.2) is 9.31 Å². The van der Waals surface area contributed by atoms with Crippen LogP contribution in [-0.4, -0.2) is 51.5 Å². The van der Waals surface area contributed by atoms with Gasteiger partial charge in [0.1, 0.15) is 22.0 Å². The number of piperazine rings is 1. The number of sulfonamides is 1. The van der Waals surface area contributed by atoms with Gasteiger partial charge < -0.3 is 14.5 Å². The first-order valence-corrected chi connectivity index (χ1v) is 8.15. The third kappa shape index (κ3) is 2.83. The average molecular weight is 316 g/mol. The SMILES string of the molecule is COC(=O)c1c(C)oc(C)c1S(=O)(=O)N1CCNC(C)C1. The molecule has 8 heteroatoms. The van der Waals surface area contributed by atoms with Gasteiger partial charge in [-0.15, -0.1) is 0 Å². The van der Waals surface area contributed by atoms with Crippen LogP contribution in [0.5, 0.6) is 0 Å². The minimum absolute atomic E-state index is 0.0128. The molecular weight excluding hydrogens is 296 g/mol. The maximum absolute atomic E-state index is 12.8. The van der Waals surface area contributed by atoms with Gasteiger partial charge >= 0.3 is 5.97 Å². The number of rotatable bonds is 3. The van der Waals surface area contributed by atoms with Gasteiger partial charge in [-0.2, -0.15) is 4.31 Å². The number of furan rings is 1. The molecule has 2 heterocycles. The van der Waals surface area contributed by atoms with Gasteiger partial charge in [0.05, 0.1) is 7.11 Å². The van der Waals surface area contributed by atoms with Crippen LogP contribution in [-0.2, 0) is 14.8 Å². The van der Waals surface area contributed by atoms with E-state index >= 15 is 0 Å². The van der Waals surface area contributed by atoms with E-state index in [0.29, 0.717) is 19.6 Å². The van der Waals surface area contributed by atoms with Crippen molar-refractivity contribution in [3.05, 3.63) is 17.1 Å². The van der Waals surface area contributed by atoms with E-state index in [4.69, 9.17) is 4.42 Å². The summed E-state index contributed by atoms with van der Waals surface area (Å²) in [5.41, 5.74) is -0.0128. The highest BCUT2D eigenvalue weighted by atomic mass is 32.2. The molecule has 1 N–H and O–H groups in total. The van der Waals surface area contributed by atoms with Gasteiger partial charge in [-0.25, -0.2) is 13.2 Å². The summed E-state index contributed by atoms with van der Waals surface area (Å²) >= 11 is 0. The molecule has 0 amide bonds. The Kier molecular flexibility index (Phi) is 4.40. The van der Waals surface area contributed by atoms with Crippen LogP contribution in [0, 0.1) is 13.8 Å². The lowest BCUT2D eigenvalue weighted by molar-refractivity contribution is 0.0594. The Balaban J connectivity index is 2.52. The fourth-order valence-corrected chi connectivity index (χ4v) is 4.46. The molecule has 0 spiro atoms. The summed E-state index contributed by atoms with van der Waals surface area (Å²) < 4.78 is 37.1. The average Bonchev–Trinajstić information content (AvgIpc) is 2.73. The van der Waals surface area contributed by atoms with Crippen molar-refractivity contribution in [1.82, 2.24) is 9.62 Å². The molecule has 21 heavy (non-hydrogen) atoms. The van der Waals surface area contributed by atoms with E-state index in [1.807, 2.05) is 6.92 Å². The van der Waals surface area contributed by atoms with E-state index in [0.717, 1.165) is 0 Å². The van der Waals surface area contributed by atoms with Crippen LogP contribution < -0.4 is 5.32 Å². The Bertz CT molecular complexity index is 650. The molecule has 1 unspecified atom stereocenters. The maximum atomic E-state index is 12.8. The lowest BCUT2D eigenvalue weighted by Gasteiger charge is -2.31. The first kappa shape index (κ1) is 16.0. The van der Waals surface area contributed by atoms with Crippen LogP contribution in [0.3, 0.4) is 0 Å². The second-order valence-corrected chi connectivity index (χ2v) is 7.00. The molecule has 1 saturated heterocycles. The number of ether oxygens (including phenoxy) is 1. The number of nitrogens with one attached hydrogen (secondary N) is 1. The number of aryl methyl sites for hydroxylation is 2. The zero-order valence-electron chi connectivity index (χ0n) is 12.6. The van der Waals surface area contributed by atoms with Crippen LogP contribution in [0.2, 0.25) is 0 Å². The number of nitrogens with zero attached hydrogens (tertiary/aromatic N) is 1. The lowest BCUT2D eigenvalue weighted by atomic mass is 10.2. The summed E-state index contributed by atoms with van der Waals surface area (Å²) in [6.45, 7) is 6.29. The molecular formula is C13H20N2O5S. The zero-order valence-corrected chi connectivity index (χ0v) is 13.4. The molecule has 0 bridgehead atoms. The van der Waals surface area contributed by atoms with Gasteiger partial charge in [0, 0.05) is 25.7 Å². The second-order valence-electron chi connectivity index (χ2n) is 5.13. The second kappa shape index (κ2) is 5.78. The summed E-state index contributed by atoms with van der Waals surface area (Å²) in [7, 11) is -2.58. The van der Waals surface area contributed by atoms with E-state index < -0.39 is 16.0 Å². The fraction of sp³-hybridized carbons (Fsp3) is 0.615. The monoisotopic (exact) mass is 316 g/mol. The topological polar surface area (TPSA) is 88.8 Å². The third-order valence-electron chi connectivity index (χ3n) is 3.52. The van der Waals surface area contributed by atoms with E-state index in [9.17, 15) is 13.2 Å². The van der Waals surface area contributed by atoms with Crippen LogP contribution in [0.1, 0.15) is 28.8 Å². The van der Waals surface area contributed by atoms with E-state index in [1.54, 1.807) is 6.92 Å². The molecule has 2 rings (SSSR count). The van der Waals surface area contributed by atoms with E-state index in [-0.39, 0.29) is 28.0 Å². The molecule has 1 fully saturated rings. The summed E-state index contributed by atoms with van der Waals surface area (Å²) in [6, 6.07) is 0.0587. The van der Waals surface area contributed by atoms with Crippen LogP contribution in [0.25, 0.3) is 0 Å². The number of hydrogen-bond donors (Lipinski definition) is 1. The van der Waals surface area contributed by atoms with Gasteiger partial charge in [0.2, 0.25) is 10.0 Å². The minimum atomic E-state index is -3.79. The number of esters is 1. The molecule has 1 aromatic heterocycles. The molecule has 118 valence electrons. The Morgan fingerprint density at radius 3 is 2.62 bits per heavy atom. The first-order valence-electron chi connectivity index (χ1n) is 6.71. The van der Waals surface area contributed by atoms with Gasteiger partial charge in [-0.1, -0.05) is 0 Å². The van der Waals surface area contributed by atoms with E-state index in [2.05, 4.69) is 10.1 Å². The summed E-state index contributed by atoms with van der Waals surface area (Å²) in [5.74, 6) is -0.244. The van der Waals surface area contributed by atoms with Crippen LogP contribution in [0.4, 0.5) is 0 Å². The van der Waals surface area contributed by atoms with Gasteiger partial charge in [-0.05, 0) is 20.8 Å². The van der Waals surface area contributed by atoms with Crippen LogP contribution >= 0.6 is 0 Å². The Hall–Kier alpha value is -1.38. The molecule has 0 aliphatic carbocycles.